The number of methoxy groups -OCH3 is 1. The van der Waals surface area contributed by atoms with Gasteiger partial charge in [-0.2, -0.15) is 0 Å². The van der Waals surface area contributed by atoms with Crippen LogP contribution in [0.1, 0.15) is 24.1 Å². The molecule has 4 rings (SSSR count). The van der Waals surface area contributed by atoms with E-state index < -0.39 is 0 Å². The van der Waals surface area contributed by atoms with Crippen molar-refractivity contribution in [1.29, 1.82) is 0 Å². The number of aryl methyl sites for hydroxylation is 1. The topological polar surface area (TPSA) is 64.4 Å². The maximum Gasteiger partial charge on any atom is 0.307 e. The van der Waals surface area contributed by atoms with Crippen molar-refractivity contribution in [3.8, 4) is 5.75 Å². The van der Waals surface area contributed by atoms with Crippen LogP contribution in [-0.4, -0.2) is 22.6 Å². The minimum absolute atomic E-state index is 0.00388. The Balaban J connectivity index is 1.56. The quantitative estimate of drug-likeness (QED) is 0.383. The van der Waals surface area contributed by atoms with Crippen LogP contribution in [0.25, 0.3) is 10.2 Å². The van der Waals surface area contributed by atoms with Gasteiger partial charge in [-0.25, -0.2) is 4.98 Å². The highest BCUT2D eigenvalue weighted by Gasteiger charge is 2.20. The van der Waals surface area contributed by atoms with Crippen molar-refractivity contribution in [3.63, 3.8) is 0 Å². The van der Waals surface area contributed by atoms with Gasteiger partial charge in [-0.15, -0.1) is 0 Å². The Morgan fingerprint density at radius 3 is 2.71 bits per heavy atom. The lowest BCUT2D eigenvalue weighted by Gasteiger charge is -2.20. The molecule has 2 heterocycles. The number of amides is 1. The molecule has 0 spiro atoms. The Labute approximate surface area is 188 Å². The van der Waals surface area contributed by atoms with Gasteiger partial charge in [0.2, 0.25) is 5.91 Å². The first-order valence-electron chi connectivity index (χ1n) is 9.99. The fourth-order valence-corrected chi connectivity index (χ4v) is 5.13. The second kappa shape index (κ2) is 9.45. The Morgan fingerprint density at radius 1 is 1.19 bits per heavy atom. The molecule has 2 aromatic carbocycles. The van der Waals surface area contributed by atoms with E-state index in [1.54, 1.807) is 16.6 Å². The zero-order valence-corrected chi connectivity index (χ0v) is 19.0. The van der Waals surface area contributed by atoms with Crippen LogP contribution >= 0.6 is 22.7 Å². The van der Waals surface area contributed by atoms with Gasteiger partial charge in [-0.05, 0) is 37.1 Å². The van der Waals surface area contributed by atoms with Crippen molar-refractivity contribution in [2.75, 3.05) is 12.0 Å². The minimum atomic E-state index is -0.00388. The number of aromatic nitrogens is 2. The van der Waals surface area contributed by atoms with Gasteiger partial charge in [0.25, 0.3) is 0 Å². The normalized spacial score (nSPS) is 11.0. The number of carbonyl (C=O) groups is 1. The number of benzene rings is 2. The van der Waals surface area contributed by atoms with Crippen LogP contribution in [0.2, 0.25) is 0 Å². The zero-order chi connectivity index (χ0) is 21.8. The fraction of sp³-hybridized carbons (Fsp3) is 0.261. The third-order valence-corrected chi connectivity index (χ3v) is 6.97. The number of hydrogen-bond acceptors (Lipinski definition) is 6. The highest BCUT2D eigenvalue weighted by Crippen LogP contribution is 2.32. The Bertz CT molecular complexity index is 1240. The van der Waals surface area contributed by atoms with E-state index in [1.807, 2.05) is 60.8 Å². The van der Waals surface area contributed by atoms with Crippen LogP contribution in [0.5, 0.6) is 5.75 Å². The number of thiazole rings is 2. The molecule has 0 N–H and O–H groups in total. The average molecular weight is 454 g/mol. The number of fused-ring (bicyclic) bond motifs is 1. The van der Waals surface area contributed by atoms with E-state index in [0.717, 1.165) is 27.2 Å². The first-order valence-corrected chi connectivity index (χ1v) is 11.7. The number of hydrogen-bond donors (Lipinski definition) is 0. The Hall–Kier alpha value is -2.97. The van der Waals surface area contributed by atoms with Gasteiger partial charge >= 0.3 is 4.87 Å². The van der Waals surface area contributed by atoms with Gasteiger partial charge in [0.1, 0.15) is 5.75 Å². The molecule has 31 heavy (non-hydrogen) atoms. The van der Waals surface area contributed by atoms with E-state index >= 15 is 0 Å². The fourth-order valence-electron chi connectivity index (χ4n) is 3.36. The van der Waals surface area contributed by atoms with E-state index in [2.05, 4.69) is 0 Å². The van der Waals surface area contributed by atoms with Crippen LogP contribution in [0.4, 0.5) is 5.13 Å². The summed E-state index contributed by atoms with van der Waals surface area (Å²) < 4.78 is 8.01. The summed E-state index contributed by atoms with van der Waals surface area (Å²) in [5.41, 5.74) is 2.81. The second-order valence-electron chi connectivity index (χ2n) is 7.19. The van der Waals surface area contributed by atoms with Crippen molar-refractivity contribution < 1.29 is 9.53 Å². The van der Waals surface area contributed by atoms with Crippen LogP contribution in [0.15, 0.2) is 58.7 Å². The lowest BCUT2D eigenvalue weighted by molar-refractivity contribution is -0.118. The van der Waals surface area contributed by atoms with Crippen molar-refractivity contribution >= 4 is 43.9 Å². The van der Waals surface area contributed by atoms with Gasteiger partial charge in [-0.1, -0.05) is 53.0 Å². The third-order valence-electron chi connectivity index (χ3n) is 5.05. The molecule has 4 aromatic rings. The van der Waals surface area contributed by atoms with Gasteiger partial charge in [0.15, 0.2) is 5.13 Å². The summed E-state index contributed by atoms with van der Waals surface area (Å²) in [6.07, 6.45) is 0.939. The summed E-state index contributed by atoms with van der Waals surface area (Å²) in [7, 11) is 1.63. The Morgan fingerprint density at radius 2 is 2.00 bits per heavy atom. The molecule has 0 aliphatic rings. The number of nitrogens with zero attached hydrogens (tertiary/aromatic N) is 3. The molecule has 0 atom stereocenters. The molecule has 0 radical (unpaired) electrons. The first-order chi connectivity index (χ1) is 15.0. The maximum atomic E-state index is 13.2. The highest BCUT2D eigenvalue weighted by atomic mass is 32.1. The molecule has 1 amide bonds. The van der Waals surface area contributed by atoms with Gasteiger partial charge in [0.05, 0.1) is 23.9 Å². The third kappa shape index (κ3) is 4.86. The predicted octanol–water partition coefficient (Wildman–Crippen LogP) is 4.85. The number of rotatable bonds is 8. The molecule has 0 bridgehead atoms. The van der Waals surface area contributed by atoms with E-state index in [4.69, 9.17) is 9.72 Å². The van der Waals surface area contributed by atoms with E-state index in [0.29, 0.717) is 31.1 Å². The van der Waals surface area contributed by atoms with Crippen LogP contribution in [0, 0.1) is 6.92 Å². The van der Waals surface area contributed by atoms with Crippen LogP contribution < -0.4 is 14.5 Å². The Kier molecular flexibility index (Phi) is 6.48. The summed E-state index contributed by atoms with van der Waals surface area (Å²) in [6, 6.07) is 15.6. The van der Waals surface area contributed by atoms with Crippen molar-refractivity contribution in [2.45, 2.75) is 32.9 Å². The number of ether oxygens (including phenoxy) is 1. The molecule has 8 heteroatoms. The van der Waals surface area contributed by atoms with Crippen molar-refractivity contribution in [1.82, 2.24) is 9.55 Å². The molecule has 0 aliphatic carbocycles. The number of carbonyl (C=O) groups excluding carboxylic acids is 1. The summed E-state index contributed by atoms with van der Waals surface area (Å²) in [5.74, 6) is 0.760. The molecule has 0 unspecified atom stereocenters. The van der Waals surface area contributed by atoms with Crippen molar-refractivity contribution in [3.05, 3.63) is 74.8 Å². The average Bonchev–Trinajstić information content (AvgIpc) is 3.35. The summed E-state index contributed by atoms with van der Waals surface area (Å²) in [5, 5.41) is 2.52. The molecular weight excluding hydrogens is 430 g/mol. The van der Waals surface area contributed by atoms with Crippen molar-refractivity contribution in [2.24, 2.45) is 0 Å². The largest absolute Gasteiger partial charge is 0.497 e. The minimum Gasteiger partial charge on any atom is -0.497 e. The van der Waals surface area contributed by atoms with E-state index in [9.17, 15) is 9.59 Å². The smallest absolute Gasteiger partial charge is 0.307 e. The highest BCUT2D eigenvalue weighted by molar-refractivity contribution is 7.22. The molecule has 0 aliphatic heterocycles. The molecule has 0 saturated heterocycles. The molecule has 160 valence electrons. The van der Waals surface area contributed by atoms with Gasteiger partial charge in [0, 0.05) is 24.0 Å². The lowest BCUT2D eigenvalue weighted by Crippen LogP contribution is -2.30. The standard InChI is InChI=1S/C23H23N3O3S2/c1-16-15-30-23(28)25(16)12-6-9-21(27)26(14-17-7-4-3-5-8-17)22-24-19-11-10-18(29-2)13-20(19)31-22/h3-5,7-8,10-11,13,15H,6,9,12,14H2,1-2H3. The van der Waals surface area contributed by atoms with Crippen LogP contribution in [-0.2, 0) is 17.9 Å². The molecular formula is C23H23N3O3S2. The molecule has 0 fully saturated rings. The zero-order valence-electron chi connectivity index (χ0n) is 17.4. The van der Waals surface area contributed by atoms with E-state index in [-0.39, 0.29) is 10.8 Å². The monoisotopic (exact) mass is 453 g/mol. The summed E-state index contributed by atoms with van der Waals surface area (Å²) in [6.45, 7) is 2.90. The van der Waals surface area contributed by atoms with E-state index in [1.165, 1.54) is 22.7 Å². The van der Waals surface area contributed by atoms with Crippen LogP contribution in [0.3, 0.4) is 0 Å². The SMILES string of the molecule is COc1ccc2nc(N(Cc3ccccc3)C(=O)CCCn3c(C)csc3=O)sc2c1. The first kappa shape index (κ1) is 21.3. The number of anilines is 1. The maximum absolute atomic E-state index is 13.2. The predicted molar refractivity (Wildman–Crippen MR) is 126 cm³/mol. The second-order valence-corrected chi connectivity index (χ2v) is 9.02. The molecule has 0 saturated carbocycles. The lowest BCUT2D eigenvalue weighted by atomic mass is 10.2. The molecule has 6 nitrogen and oxygen atoms in total. The van der Waals surface area contributed by atoms with Gasteiger partial charge in [-0.3, -0.25) is 14.5 Å². The molecule has 2 aromatic heterocycles. The summed E-state index contributed by atoms with van der Waals surface area (Å²) >= 11 is 2.67. The summed E-state index contributed by atoms with van der Waals surface area (Å²) in [4.78, 5) is 31.6. The van der Waals surface area contributed by atoms with Gasteiger partial charge < -0.3 is 9.30 Å².